The van der Waals surface area contributed by atoms with Crippen LogP contribution in [-0.4, -0.2) is 67.4 Å². The summed E-state index contributed by atoms with van der Waals surface area (Å²) in [6.07, 6.45) is 5.78. The molecular weight excluding hydrogens is 689 g/mol. The largest absolute Gasteiger partial charge is 0.467 e. The number of amides is 2. The van der Waals surface area contributed by atoms with Crippen LogP contribution in [0.4, 0.5) is 0 Å². The van der Waals surface area contributed by atoms with E-state index in [1.165, 1.54) is 18.2 Å². The number of para-hydroxylation sites is 1. The number of likely N-dealkylation sites (N-methyl/N-ethyl adjacent to an activating group) is 1. The Morgan fingerprint density at radius 1 is 0.961 bits per heavy atom. The molecule has 11 nitrogen and oxygen atoms in total. The quantitative estimate of drug-likeness (QED) is 0.160. The van der Waals surface area contributed by atoms with Crippen LogP contribution in [0.3, 0.4) is 0 Å². The van der Waals surface area contributed by atoms with Gasteiger partial charge in [0.25, 0.3) is 5.91 Å². The highest BCUT2D eigenvalue weighted by Gasteiger charge is 2.40. The molecule has 1 atom stereocenters. The molecule has 3 aromatic carbocycles. The number of nitrogens with zero attached hydrogens (tertiary/aromatic N) is 6. The number of ether oxygens (including phenoxy) is 1. The van der Waals surface area contributed by atoms with Gasteiger partial charge in [0.1, 0.15) is 5.69 Å². The zero-order chi connectivity index (χ0) is 35.6. The minimum atomic E-state index is -0.995. The third kappa shape index (κ3) is 6.95. The summed E-state index contributed by atoms with van der Waals surface area (Å²) in [4.78, 5) is 45.0. The van der Waals surface area contributed by atoms with Crippen LogP contribution >= 0.6 is 23.2 Å². The number of halogens is 2. The molecular formula is C38H33Cl2N7O4. The third-order valence-corrected chi connectivity index (χ3v) is 9.97. The molecule has 51 heavy (non-hydrogen) atoms. The average molecular weight is 723 g/mol. The van der Waals surface area contributed by atoms with Crippen LogP contribution in [0.2, 0.25) is 10.0 Å². The number of pyridine rings is 1. The monoisotopic (exact) mass is 721 g/mol. The SMILES string of the molecule is COC(=O)C(c1ccc(Cl)c(Cl)c1)N(C)C(=O)C1CC(NC(=O)c2cncc(-n3cc(Cn4c(-c5ccccc5)cc5ccccc54)nn3)c2)C1. The number of carbonyl (C=O) groups excluding carboxylic acids is 3. The maximum atomic E-state index is 13.4. The fraction of sp³-hybridized carbons (Fsp3) is 0.211. The fourth-order valence-electron chi connectivity index (χ4n) is 6.50. The molecule has 1 unspecified atom stereocenters. The number of methoxy groups -OCH3 is 1. The topological polar surface area (TPSA) is 124 Å². The molecule has 3 aromatic heterocycles. The summed E-state index contributed by atoms with van der Waals surface area (Å²) in [5, 5.41) is 13.5. The van der Waals surface area contributed by atoms with Crippen LogP contribution in [0, 0.1) is 5.92 Å². The fourth-order valence-corrected chi connectivity index (χ4v) is 6.80. The van der Waals surface area contributed by atoms with Gasteiger partial charge in [-0.1, -0.05) is 83.0 Å². The first-order chi connectivity index (χ1) is 24.7. The number of carbonyl (C=O) groups is 3. The number of rotatable bonds is 10. The Morgan fingerprint density at radius 2 is 1.73 bits per heavy atom. The second-order valence-electron chi connectivity index (χ2n) is 12.5. The third-order valence-electron chi connectivity index (χ3n) is 9.23. The molecule has 3 heterocycles. The number of fused-ring (bicyclic) bond motifs is 1. The van der Waals surface area contributed by atoms with Crippen molar-refractivity contribution in [1.29, 1.82) is 0 Å². The molecule has 0 bridgehead atoms. The van der Waals surface area contributed by atoms with Gasteiger partial charge in [0.2, 0.25) is 5.91 Å². The van der Waals surface area contributed by atoms with E-state index in [0.717, 1.165) is 27.9 Å². The molecule has 0 saturated heterocycles. The van der Waals surface area contributed by atoms with Crippen molar-refractivity contribution in [1.82, 2.24) is 34.8 Å². The Kier molecular flexibility index (Phi) is 9.57. The van der Waals surface area contributed by atoms with Gasteiger partial charge in [-0.2, -0.15) is 0 Å². The van der Waals surface area contributed by atoms with Gasteiger partial charge < -0.3 is 19.5 Å². The van der Waals surface area contributed by atoms with E-state index in [4.69, 9.17) is 27.9 Å². The van der Waals surface area contributed by atoms with E-state index < -0.39 is 12.0 Å². The minimum Gasteiger partial charge on any atom is -0.467 e. The van der Waals surface area contributed by atoms with Gasteiger partial charge in [0.05, 0.1) is 47.3 Å². The van der Waals surface area contributed by atoms with E-state index >= 15 is 0 Å². The lowest BCUT2D eigenvalue weighted by molar-refractivity contribution is -0.154. The highest BCUT2D eigenvalue weighted by molar-refractivity contribution is 6.42. The summed E-state index contributed by atoms with van der Waals surface area (Å²) in [6.45, 7) is 0.496. The normalized spacial score (nSPS) is 15.9. The first-order valence-corrected chi connectivity index (χ1v) is 17.1. The van der Waals surface area contributed by atoms with Crippen LogP contribution in [0.15, 0.2) is 104 Å². The zero-order valence-electron chi connectivity index (χ0n) is 27.7. The van der Waals surface area contributed by atoms with Crippen LogP contribution in [-0.2, 0) is 20.9 Å². The molecule has 2 amide bonds. The lowest BCUT2D eigenvalue weighted by Crippen LogP contribution is -2.51. The molecule has 6 aromatic rings. The van der Waals surface area contributed by atoms with E-state index in [1.54, 1.807) is 42.2 Å². The van der Waals surface area contributed by atoms with Crippen molar-refractivity contribution in [2.45, 2.75) is 31.5 Å². The standard InChI is InChI=1S/C38H33Cl2N7O4/c1-45(35(38(50)51-2)25-12-13-31(39)32(40)17-25)37(49)26-14-28(15-26)42-36(48)27-16-30(20-41-19-27)47-22-29(43-44-47)21-46-33-11-7-6-10-24(33)18-34(46)23-8-4-3-5-9-23/h3-13,16-20,22,26,28,35H,14-15,21H2,1-2H3,(H,42,48). The Labute approximate surface area is 303 Å². The van der Waals surface area contributed by atoms with Gasteiger partial charge in [-0.15, -0.1) is 5.10 Å². The Balaban J connectivity index is 1.00. The molecule has 7 rings (SSSR count). The lowest BCUT2D eigenvalue weighted by atomic mass is 9.79. The number of benzene rings is 3. The summed E-state index contributed by atoms with van der Waals surface area (Å²) in [5.41, 5.74) is 5.43. The van der Waals surface area contributed by atoms with Crippen molar-refractivity contribution in [3.05, 3.63) is 130 Å². The van der Waals surface area contributed by atoms with Gasteiger partial charge in [0.15, 0.2) is 6.04 Å². The van der Waals surface area contributed by atoms with E-state index in [-0.39, 0.29) is 28.8 Å². The van der Waals surface area contributed by atoms with E-state index in [9.17, 15) is 14.4 Å². The Morgan fingerprint density at radius 3 is 2.49 bits per heavy atom. The summed E-state index contributed by atoms with van der Waals surface area (Å²) in [6, 6.07) is 25.9. The van der Waals surface area contributed by atoms with Crippen LogP contribution < -0.4 is 5.32 Å². The van der Waals surface area contributed by atoms with Crippen molar-refractivity contribution >= 4 is 51.9 Å². The van der Waals surface area contributed by atoms with Crippen LogP contribution in [0.5, 0.6) is 0 Å². The number of nitrogens with one attached hydrogen (secondary N) is 1. The summed E-state index contributed by atoms with van der Waals surface area (Å²) in [5.74, 6) is -1.54. The van der Waals surface area contributed by atoms with Crippen molar-refractivity contribution in [3.8, 4) is 16.9 Å². The second kappa shape index (κ2) is 14.4. The molecule has 0 aliphatic heterocycles. The summed E-state index contributed by atoms with van der Waals surface area (Å²) >= 11 is 12.2. The predicted molar refractivity (Wildman–Crippen MR) is 194 cm³/mol. The molecule has 1 fully saturated rings. The van der Waals surface area contributed by atoms with Gasteiger partial charge in [0, 0.05) is 41.8 Å². The molecule has 13 heteroatoms. The first kappa shape index (κ1) is 34.0. The van der Waals surface area contributed by atoms with Gasteiger partial charge >= 0.3 is 5.97 Å². The maximum absolute atomic E-state index is 13.4. The van der Waals surface area contributed by atoms with Crippen LogP contribution in [0.1, 0.15) is 40.5 Å². The van der Waals surface area contributed by atoms with Crippen molar-refractivity contribution in [2.75, 3.05) is 14.2 Å². The minimum absolute atomic E-state index is 0.224. The molecule has 0 spiro atoms. The van der Waals surface area contributed by atoms with Crippen molar-refractivity contribution in [2.24, 2.45) is 5.92 Å². The van der Waals surface area contributed by atoms with E-state index in [0.29, 0.717) is 41.2 Å². The zero-order valence-corrected chi connectivity index (χ0v) is 29.3. The van der Waals surface area contributed by atoms with E-state index in [2.05, 4.69) is 55.5 Å². The number of hydrogen-bond acceptors (Lipinski definition) is 7. The number of aromatic nitrogens is 5. The molecule has 1 N–H and O–H groups in total. The Bertz CT molecular complexity index is 2250. The van der Waals surface area contributed by atoms with Gasteiger partial charge in [-0.3, -0.25) is 14.6 Å². The highest BCUT2D eigenvalue weighted by Crippen LogP contribution is 2.34. The number of hydrogen-bond donors (Lipinski definition) is 1. The predicted octanol–water partition coefficient (Wildman–Crippen LogP) is 6.52. The molecule has 1 aliphatic carbocycles. The first-order valence-electron chi connectivity index (χ1n) is 16.3. The molecule has 1 saturated carbocycles. The summed E-state index contributed by atoms with van der Waals surface area (Å²) < 4.78 is 8.81. The van der Waals surface area contributed by atoms with Gasteiger partial charge in [-0.25, -0.2) is 9.48 Å². The summed E-state index contributed by atoms with van der Waals surface area (Å²) in [7, 11) is 2.81. The lowest BCUT2D eigenvalue weighted by Gasteiger charge is -2.38. The average Bonchev–Trinajstić information content (AvgIpc) is 3.76. The Hall–Kier alpha value is -5.52. The smallest absolute Gasteiger partial charge is 0.333 e. The second-order valence-corrected chi connectivity index (χ2v) is 13.3. The van der Waals surface area contributed by atoms with Crippen molar-refractivity contribution < 1.29 is 19.1 Å². The highest BCUT2D eigenvalue weighted by atomic mass is 35.5. The molecule has 1 aliphatic rings. The van der Waals surface area contributed by atoms with Gasteiger partial charge in [-0.05, 0) is 54.3 Å². The number of esters is 1. The van der Waals surface area contributed by atoms with Crippen molar-refractivity contribution in [3.63, 3.8) is 0 Å². The molecule has 0 radical (unpaired) electrons. The molecule has 258 valence electrons. The van der Waals surface area contributed by atoms with Crippen LogP contribution in [0.25, 0.3) is 27.8 Å². The van der Waals surface area contributed by atoms with E-state index in [1.807, 2.05) is 36.5 Å². The maximum Gasteiger partial charge on any atom is 0.333 e.